The summed E-state index contributed by atoms with van der Waals surface area (Å²) in [5.74, 6) is 0.827. The van der Waals surface area contributed by atoms with Crippen molar-refractivity contribution in [3.05, 3.63) is 46.2 Å². The highest BCUT2D eigenvalue weighted by Gasteiger charge is 2.21. The van der Waals surface area contributed by atoms with Crippen LogP contribution in [0.5, 0.6) is 0 Å². The van der Waals surface area contributed by atoms with Gasteiger partial charge in [-0.15, -0.1) is 0 Å². The van der Waals surface area contributed by atoms with Gasteiger partial charge in [-0.1, -0.05) is 5.16 Å². The third-order valence-electron chi connectivity index (χ3n) is 4.63. The van der Waals surface area contributed by atoms with Crippen LogP contribution in [0.2, 0.25) is 0 Å². The van der Waals surface area contributed by atoms with E-state index in [0.29, 0.717) is 17.5 Å². The number of nitrogens with zero attached hydrogens (tertiary/aromatic N) is 6. The van der Waals surface area contributed by atoms with Crippen LogP contribution in [0.25, 0.3) is 5.95 Å². The van der Waals surface area contributed by atoms with Crippen LogP contribution in [0.3, 0.4) is 0 Å². The normalized spacial score (nSPS) is 10.9. The van der Waals surface area contributed by atoms with Gasteiger partial charge in [0.1, 0.15) is 5.76 Å². The molecular weight excluding hydrogens is 386 g/mol. The SMILES string of the molecule is Cc1cc(C)nc(-n2nc(C)c(CC(=O)N(C)CC(=O)Nc3cc(C)on3)c2C)n1. The molecule has 3 aromatic heterocycles. The van der Waals surface area contributed by atoms with Crippen LogP contribution in [0, 0.1) is 34.6 Å². The Balaban J connectivity index is 1.70. The Morgan fingerprint density at radius 2 is 1.77 bits per heavy atom. The average Bonchev–Trinajstić information content (AvgIpc) is 3.18. The molecule has 0 fully saturated rings. The molecule has 0 aliphatic heterocycles. The van der Waals surface area contributed by atoms with Crippen molar-refractivity contribution >= 4 is 17.6 Å². The molecule has 3 aromatic rings. The van der Waals surface area contributed by atoms with E-state index in [-0.39, 0.29) is 24.8 Å². The molecule has 0 spiro atoms. The predicted octanol–water partition coefficient (Wildman–Crippen LogP) is 1.83. The van der Waals surface area contributed by atoms with Gasteiger partial charge >= 0.3 is 0 Å². The van der Waals surface area contributed by atoms with Gasteiger partial charge in [-0.25, -0.2) is 14.6 Å². The molecule has 2 amide bonds. The number of aromatic nitrogens is 5. The molecule has 10 heteroatoms. The first-order valence-corrected chi connectivity index (χ1v) is 9.49. The predicted molar refractivity (Wildman–Crippen MR) is 109 cm³/mol. The Bertz CT molecular complexity index is 1080. The maximum atomic E-state index is 12.7. The number of likely N-dealkylation sites (N-methyl/N-ethyl adjacent to an activating group) is 1. The van der Waals surface area contributed by atoms with E-state index in [4.69, 9.17) is 4.52 Å². The Morgan fingerprint density at radius 1 is 1.10 bits per heavy atom. The fourth-order valence-electron chi connectivity index (χ4n) is 3.13. The van der Waals surface area contributed by atoms with Crippen molar-refractivity contribution in [3.63, 3.8) is 0 Å². The lowest BCUT2D eigenvalue weighted by Crippen LogP contribution is -2.36. The molecule has 0 aliphatic carbocycles. The molecule has 0 aromatic carbocycles. The lowest BCUT2D eigenvalue weighted by molar-refractivity contribution is -0.132. The summed E-state index contributed by atoms with van der Waals surface area (Å²) in [7, 11) is 1.58. The first kappa shape index (κ1) is 21.2. The van der Waals surface area contributed by atoms with Crippen molar-refractivity contribution < 1.29 is 14.1 Å². The summed E-state index contributed by atoms with van der Waals surface area (Å²) in [5, 5.41) is 10.8. The van der Waals surface area contributed by atoms with Gasteiger partial charge in [0.15, 0.2) is 5.82 Å². The monoisotopic (exact) mass is 411 g/mol. The molecule has 0 radical (unpaired) electrons. The van der Waals surface area contributed by atoms with E-state index in [2.05, 4.69) is 25.5 Å². The van der Waals surface area contributed by atoms with Gasteiger partial charge < -0.3 is 14.7 Å². The Morgan fingerprint density at radius 3 is 2.37 bits per heavy atom. The molecule has 0 unspecified atom stereocenters. The van der Waals surface area contributed by atoms with Crippen LogP contribution >= 0.6 is 0 Å². The number of hydrogen-bond donors (Lipinski definition) is 1. The molecule has 10 nitrogen and oxygen atoms in total. The van der Waals surface area contributed by atoms with Crippen molar-refractivity contribution in [3.8, 4) is 5.95 Å². The van der Waals surface area contributed by atoms with Crippen LogP contribution in [0.1, 0.15) is 34.1 Å². The van der Waals surface area contributed by atoms with E-state index in [0.717, 1.165) is 28.3 Å². The molecule has 0 saturated carbocycles. The van der Waals surface area contributed by atoms with Gasteiger partial charge in [0.25, 0.3) is 5.95 Å². The first-order valence-electron chi connectivity index (χ1n) is 9.49. The van der Waals surface area contributed by atoms with Crippen molar-refractivity contribution in [1.82, 2.24) is 29.8 Å². The number of nitrogens with one attached hydrogen (secondary N) is 1. The first-order chi connectivity index (χ1) is 14.1. The van der Waals surface area contributed by atoms with Crippen molar-refractivity contribution in [2.24, 2.45) is 0 Å². The maximum absolute atomic E-state index is 12.7. The summed E-state index contributed by atoms with van der Waals surface area (Å²) in [4.78, 5) is 35.1. The zero-order valence-corrected chi connectivity index (χ0v) is 18.0. The molecule has 158 valence electrons. The van der Waals surface area contributed by atoms with E-state index in [9.17, 15) is 9.59 Å². The number of rotatable bonds is 6. The van der Waals surface area contributed by atoms with Crippen LogP contribution in [0.4, 0.5) is 5.82 Å². The summed E-state index contributed by atoms with van der Waals surface area (Å²) >= 11 is 0. The third kappa shape index (κ3) is 4.70. The number of hydrogen-bond acceptors (Lipinski definition) is 7. The second-order valence-corrected chi connectivity index (χ2v) is 7.31. The topological polar surface area (TPSA) is 119 Å². The van der Waals surface area contributed by atoms with E-state index in [1.54, 1.807) is 24.7 Å². The largest absolute Gasteiger partial charge is 0.360 e. The third-order valence-corrected chi connectivity index (χ3v) is 4.63. The highest BCUT2D eigenvalue weighted by atomic mass is 16.5. The highest BCUT2D eigenvalue weighted by molar-refractivity contribution is 5.94. The van der Waals surface area contributed by atoms with Gasteiger partial charge in [-0.05, 0) is 40.7 Å². The fraction of sp³-hybridized carbons (Fsp3) is 0.400. The van der Waals surface area contributed by atoms with Gasteiger partial charge in [0, 0.05) is 35.8 Å². The van der Waals surface area contributed by atoms with Crippen LogP contribution in [-0.4, -0.2) is 55.2 Å². The van der Waals surface area contributed by atoms with E-state index in [1.165, 1.54) is 4.90 Å². The number of carbonyl (C=O) groups excluding carboxylic acids is 2. The van der Waals surface area contributed by atoms with E-state index in [1.807, 2.05) is 33.8 Å². The summed E-state index contributed by atoms with van der Waals surface area (Å²) in [6.07, 6.45) is 0.120. The fourth-order valence-corrected chi connectivity index (χ4v) is 3.13. The smallest absolute Gasteiger partial charge is 0.251 e. The van der Waals surface area contributed by atoms with Crippen LogP contribution < -0.4 is 5.32 Å². The van der Waals surface area contributed by atoms with Crippen molar-refractivity contribution in [2.75, 3.05) is 18.9 Å². The molecule has 3 rings (SSSR count). The summed E-state index contributed by atoms with van der Waals surface area (Å²) < 4.78 is 6.56. The lowest BCUT2D eigenvalue weighted by atomic mass is 10.1. The molecular formula is C20H25N7O3. The second kappa shape index (κ2) is 8.44. The quantitative estimate of drug-likeness (QED) is 0.657. The van der Waals surface area contributed by atoms with Gasteiger partial charge in [0.2, 0.25) is 11.8 Å². The van der Waals surface area contributed by atoms with Crippen LogP contribution in [0.15, 0.2) is 16.7 Å². The second-order valence-electron chi connectivity index (χ2n) is 7.31. The van der Waals surface area contributed by atoms with Gasteiger partial charge in [-0.2, -0.15) is 5.10 Å². The minimum atomic E-state index is -0.355. The molecule has 3 heterocycles. The zero-order chi connectivity index (χ0) is 22.0. The number of amides is 2. The molecule has 1 N–H and O–H groups in total. The molecule has 0 saturated heterocycles. The van der Waals surface area contributed by atoms with Gasteiger partial charge in [0.05, 0.1) is 18.7 Å². The van der Waals surface area contributed by atoms with Crippen molar-refractivity contribution in [2.45, 2.75) is 41.0 Å². The van der Waals surface area contributed by atoms with E-state index >= 15 is 0 Å². The Hall–Kier alpha value is -3.56. The summed E-state index contributed by atoms with van der Waals surface area (Å²) in [6.45, 7) is 9.14. The molecule has 0 aliphatic rings. The van der Waals surface area contributed by atoms with E-state index < -0.39 is 0 Å². The minimum Gasteiger partial charge on any atom is -0.360 e. The zero-order valence-electron chi connectivity index (χ0n) is 18.0. The standard InChI is InChI=1S/C20H25N7O3/c1-11-7-12(2)22-20(21-11)27-15(5)16(14(4)24-27)9-19(29)26(6)10-18(28)23-17-8-13(3)30-25-17/h7-8H,9-10H2,1-6H3,(H,23,25,28). The summed E-state index contributed by atoms with van der Waals surface area (Å²) in [6, 6.07) is 3.50. The molecule has 0 bridgehead atoms. The Labute approximate surface area is 174 Å². The minimum absolute atomic E-state index is 0.100. The average molecular weight is 411 g/mol. The van der Waals surface area contributed by atoms with Crippen LogP contribution in [-0.2, 0) is 16.0 Å². The number of carbonyl (C=O) groups is 2. The number of aryl methyl sites for hydroxylation is 4. The number of anilines is 1. The Kier molecular flexibility index (Phi) is 5.95. The molecule has 0 atom stereocenters. The van der Waals surface area contributed by atoms with Crippen molar-refractivity contribution in [1.29, 1.82) is 0 Å². The maximum Gasteiger partial charge on any atom is 0.251 e. The summed E-state index contributed by atoms with van der Waals surface area (Å²) in [5.41, 5.74) is 4.00. The lowest BCUT2D eigenvalue weighted by Gasteiger charge is -2.16. The highest BCUT2D eigenvalue weighted by Crippen LogP contribution is 2.18. The molecule has 30 heavy (non-hydrogen) atoms. The van der Waals surface area contributed by atoms with Gasteiger partial charge in [-0.3, -0.25) is 9.59 Å².